The molecule has 1 aromatic heterocycles. The SMILES string of the molecule is [CH2-]CN=c1[c-]c(C(C)C)cc[nH]1.[W+2]. The molecule has 1 heterocycles. The minimum Gasteiger partial charge on any atom is -0.380 e. The van der Waals surface area contributed by atoms with Gasteiger partial charge < -0.3 is 16.9 Å². The molecule has 0 amide bonds. The van der Waals surface area contributed by atoms with Gasteiger partial charge in [-0.25, -0.2) is 11.6 Å². The van der Waals surface area contributed by atoms with Gasteiger partial charge in [0.05, 0.1) is 0 Å². The first kappa shape index (κ1) is 12.6. The van der Waals surface area contributed by atoms with Crippen LogP contribution in [0.5, 0.6) is 0 Å². The second-order valence-corrected chi connectivity index (χ2v) is 2.94. The van der Waals surface area contributed by atoms with Crippen LogP contribution in [-0.2, 0) is 21.1 Å². The molecule has 3 heteroatoms. The topological polar surface area (TPSA) is 28.1 Å². The van der Waals surface area contributed by atoms with Gasteiger partial charge in [0.2, 0.25) is 0 Å². The quantitative estimate of drug-likeness (QED) is 0.790. The van der Waals surface area contributed by atoms with Crippen LogP contribution >= 0.6 is 0 Å². The Morgan fingerprint density at radius 3 is 2.85 bits per heavy atom. The summed E-state index contributed by atoms with van der Waals surface area (Å²) in [6, 6.07) is 5.20. The minimum absolute atomic E-state index is 0. The zero-order valence-corrected chi connectivity index (χ0v) is 10.9. The fraction of sp³-hybridized carbons (Fsp3) is 0.400. The predicted molar refractivity (Wildman–Crippen MR) is 49.5 cm³/mol. The van der Waals surface area contributed by atoms with Crippen molar-refractivity contribution in [3.05, 3.63) is 36.3 Å². The van der Waals surface area contributed by atoms with E-state index in [1.807, 2.05) is 12.3 Å². The van der Waals surface area contributed by atoms with Gasteiger partial charge in [-0.15, -0.1) is 0 Å². The monoisotopic (exact) mass is 346 g/mol. The third-order valence-electron chi connectivity index (χ3n) is 1.64. The van der Waals surface area contributed by atoms with Crippen LogP contribution in [-0.4, -0.2) is 11.5 Å². The Hall–Kier alpha value is -0.362. The van der Waals surface area contributed by atoms with Gasteiger partial charge in [-0.3, -0.25) is 0 Å². The summed E-state index contributed by atoms with van der Waals surface area (Å²) in [5, 5.41) is 0. The van der Waals surface area contributed by atoms with Gasteiger partial charge in [0.1, 0.15) is 0 Å². The zero-order valence-electron chi connectivity index (χ0n) is 8.00. The van der Waals surface area contributed by atoms with Gasteiger partial charge in [0.15, 0.2) is 0 Å². The molecule has 1 rings (SSSR count). The van der Waals surface area contributed by atoms with Crippen LogP contribution in [0.3, 0.4) is 0 Å². The van der Waals surface area contributed by atoms with Crippen molar-refractivity contribution in [2.45, 2.75) is 19.8 Å². The number of pyridine rings is 1. The van der Waals surface area contributed by atoms with E-state index in [0.29, 0.717) is 12.5 Å². The smallest absolute Gasteiger partial charge is 0.380 e. The summed E-state index contributed by atoms with van der Waals surface area (Å²) >= 11 is 0. The van der Waals surface area contributed by atoms with E-state index < -0.39 is 0 Å². The van der Waals surface area contributed by atoms with Crippen molar-refractivity contribution in [2.24, 2.45) is 4.99 Å². The number of aromatic nitrogens is 1. The summed E-state index contributed by atoms with van der Waals surface area (Å²) in [4.78, 5) is 7.13. The van der Waals surface area contributed by atoms with Crippen molar-refractivity contribution in [3.63, 3.8) is 0 Å². The number of nitrogens with one attached hydrogen (secondary N) is 1. The average Bonchev–Trinajstić information content (AvgIpc) is 2.05. The molecule has 13 heavy (non-hydrogen) atoms. The van der Waals surface area contributed by atoms with Crippen molar-refractivity contribution in [1.29, 1.82) is 0 Å². The summed E-state index contributed by atoms with van der Waals surface area (Å²) in [6.45, 7) is 8.48. The van der Waals surface area contributed by atoms with Gasteiger partial charge in [-0.2, -0.15) is 6.07 Å². The fourth-order valence-corrected chi connectivity index (χ4v) is 0.959. The summed E-state index contributed by atoms with van der Waals surface area (Å²) in [5.74, 6) is 0.498. The van der Waals surface area contributed by atoms with E-state index in [1.54, 1.807) is 0 Å². The molecule has 0 saturated carbocycles. The van der Waals surface area contributed by atoms with Crippen molar-refractivity contribution >= 4 is 0 Å². The first-order valence-electron chi connectivity index (χ1n) is 4.14. The molecular formula is C10H14N2W. The second-order valence-electron chi connectivity index (χ2n) is 2.94. The number of hydrogen-bond donors (Lipinski definition) is 1. The van der Waals surface area contributed by atoms with Crippen LogP contribution in [0.15, 0.2) is 17.3 Å². The maximum absolute atomic E-state index is 4.13. The van der Waals surface area contributed by atoms with E-state index in [-0.39, 0.29) is 21.1 Å². The molecule has 0 spiro atoms. The number of nitrogens with zero attached hydrogens (tertiary/aromatic N) is 1. The van der Waals surface area contributed by atoms with Crippen LogP contribution in [0.4, 0.5) is 0 Å². The zero-order chi connectivity index (χ0) is 8.97. The molecular weight excluding hydrogens is 332 g/mol. The van der Waals surface area contributed by atoms with E-state index in [9.17, 15) is 0 Å². The standard InChI is InChI=1S/C10H14N2.W/c1-4-11-10-7-9(8(2)3)5-6-12-10;/h5-6,8H,1,4H2,2-3H3,(H,11,12);/q-2;+2. The normalized spacial score (nSPS) is 11.5. The molecule has 0 atom stereocenters. The van der Waals surface area contributed by atoms with E-state index in [0.717, 1.165) is 5.49 Å². The first-order chi connectivity index (χ1) is 5.74. The Labute approximate surface area is 93.8 Å². The third-order valence-corrected chi connectivity index (χ3v) is 1.64. The van der Waals surface area contributed by atoms with Crippen molar-refractivity contribution in [3.8, 4) is 0 Å². The van der Waals surface area contributed by atoms with Gasteiger partial charge in [0, 0.05) is 5.49 Å². The number of hydrogen-bond acceptors (Lipinski definition) is 1. The molecule has 0 aliphatic rings. The van der Waals surface area contributed by atoms with Crippen molar-refractivity contribution in [2.75, 3.05) is 6.54 Å². The molecule has 0 bridgehead atoms. The molecule has 1 aromatic rings. The summed E-state index contributed by atoms with van der Waals surface area (Å²) in [5.41, 5.74) is 1.97. The van der Waals surface area contributed by atoms with E-state index in [1.165, 1.54) is 5.56 Å². The third kappa shape index (κ3) is 3.91. The van der Waals surface area contributed by atoms with E-state index in [4.69, 9.17) is 0 Å². The number of rotatable bonds is 2. The molecule has 1 N–H and O–H groups in total. The Bertz CT molecular complexity index is 302. The maximum atomic E-state index is 4.13. The molecule has 0 aliphatic carbocycles. The summed E-state index contributed by atoms with van der Waals surface area (Å²) < 4.78 is 0. The Kier molecular flexibility index (Phi) is 5.98. The van der Waals surface area contributed by atoms with Crippen molar-refractivity contribution < 1.29 is 21.1 Å². The Morgan fingerprint density at radius 2 is 2.31 bits per heavy atom. The molecule has 0 aliphatic heterocycles. The van der Waals surface area contributed by atoms with Crippen molar-refractivity contribution in [1.82, 2.24) is 4.98 Å². The van der Waals surface area contributed by atoms with Gasteiger partial charge in [-0.1, -0.05) is 32.5 Å². The molecule has 0 saturated heterocycles. The second kappa shape index (κ2) is 6.15. The Morgan fingerprint density at radius 1 is 1.62 bits per heavy atom. The number of aromatic amines is 1. The van der Waals surface area contributed by atoms with Crippen LogP contribution in [0.25, 0.3) is 0 Å². The summed E-state index contributed by atoms with van der Waals surface area (Å²) in [6.07, 6.45) is 1.89. The van der Waals surface area contributed by atoms with E-state index in [2.05, 4.69) is 36.8 Å². The number of H-pyrrole nitrogens is 1. The molecule has 0 radical (unpaired) electrons. The average molecular weight is 346 g/mol. The van der Waals surface area contributed by atoms with Crippen LogP contribution < -0.4 is 5.49 Å². The molecule has 2 nitrogen and oxygen atoms in total. The molecule has 0 aromatic carbocycles. The van der Waals surface area contributed by atoms with Gasteiger partial charge in [0.25, 0.3) is 0 Å². The van der Waals surface area contributed by atoms with Gasteiger partial charge >= 0.3 is 21.1 Å². The van der Waals surface area contributed by atoms with Crippen LogP contribution in [0.1, 0.15) is 25.3 Å². The molecule has 0 unspecified atom stereocenters. The summed E-state index contributed by atoms with van der Waals surface area (Å²) in [7, 11) is 0. The first-order valence-corrected chi connectivity index (χ1v) is 4.14. The molecule has 70 valence electrons. The van der Waals surface area contributed by atoms with Crippen LogP contribution in [0, 0.1) is 13.0 Å². The molecule has 0 fully saturated rings. The predicted octanol–water partition coefficient (Wildman–Crippen LogP) is 1.67. The fourth-order valence-electron chi connectivity index (χ4n) is 0.959. The maximum Gasteiger partial charge on any atom is 2.00 e. The minimum atomic E-state index is 0. The largest absolute Gasteiger partial charge is 2.00 e. The van der Waals surface area contributed by atoms with Crippen LogP contribution in [0.2, 0.25) is 0 Å². The Balaban J connectivity index is 0.00000144. The van der Waals surface area contributed by atoms with Gasteiger partial charge in [-0.05, 0) is 0 Å². The van der Waals surface area contributed by atoms with E-state index >= 15 is 0 Å².